The fourth-order valence-corrected chi connectivity index (χ4v) is 2.72. The fraction of sp³-hybridized carbons (Fsp3) is 0.409. The Morgan fingerprint density at radius 2 is 1.44 bits per heavy atom. The first-order chi connectivity index (χ1) is 12.1. The lowest BCUT2D eigenvalue weighted by molar-refractivity contribution is -0.128. The van der Waals surface area contributed by atoms with Gasteiger partial charge in [-0.05, 0) is 55.0 Å². The van der Waals surface area contributed by atoms with E-state index in [1.54, 1.807) is 0 Å². The summed E-state index contributed by atoms with van der Waals surface area (Å²) in [5.74, 6) is 0.660. The van der Waals surface area contributed by atoms with Crippen molar-refractivity contribution in [3.05, 3.63) is 65.2 Å². The molecule has 3 nitrogen and oxygen atoms in total. The van der Waals surface area contributed by atoms with Crippen LogP contribution in [0.2, 0.25) is 0 Å². The number of ether oxygens (including phenoxy) is 1. The molecule has 0 radical (unpaired) electrons. The van der Waals surface area contributed by atoms with Gasteiger partial charge in [0.25, 0.3) is 5.91 Å². The number of hydrogen-bond donors (Lipinski definition) is 1. The highest BCUT2D eigenvalue weighted by Crippen LogP contribution is 2.17. The van der Waals surface area contributed by atoms with E-state index in [1.807, 2.05) is 38.1 Å². The zero-order valence-electron chi connectivity index (χ0n) is 15.7. The summed E-state index contributed by atoms with van der Waals surface area (Å²) in [6.07, 6.45) is 2.16. The molecule has 3 heteroatoms. The van der Waals surface area contributed by atoms with E-state index in [-0.39, 0.29) is 11.9 Å². The molecule has 2 atom stereocenters. The van der Waals surface area contributed by atoms with Crippen molar-refractivity contribution in [2.45, 2.75) is 59.1 Å². The number of hydrogen-bond acceptors (Lipinski definition) is 2. The van der Waals surface area contributed by atoms with E-state index < -0.39 is 6.10 Å². The highest BCUT2D eigenvalue weighted by molar-refractivity contribution is 5.81. The van der Waals surface area contributed by atoms with Crippen molar-refractivity contribution in [2.75, 3.05) is 0 Å². The van der Waals surface area contributed by atoms with Crippen LogP contribution in [0.15, 0.2) is 48.5 Å². The molecule has 0 saturated carbocycles. The molecule has 1 amide bonds. The van der Waals surface area contributed by atoms with E-state index in [9.17, 15) is 4.79 Å². The molecule has 134 valence electrons. The van der Waals surface area contributed by atoms with Crippen LogP contribution in [0.1, 0.15) is 56.8 Å². The Hall–Kier alpha value is -2.29. The minimum Gasteiger partial charge on any atom is -0.481 e. The molecule has 2 aromatic rings. The second-order valence-electron chi connectivity index (χ2n) is 6.34. The van der Waals surface area contributed by atoms with Gasteiger partial charge in [0.1, 0.15) is 5.75 Å². The van der Waals surface area contributed by atoms with E-state index in [0.29, 0.717) is 6.42 Å². The Labute approximate surface area is 151 Å². The quantitative estimate of drug-likeness (QED) is 0.747. The maximum Gasteiger partial charge on any atom is 0.261 e. The molecule has 0 fully saturated rings. The number of aryl methyl sites for hydroxylation is 2. The number of carbonyl (C=O) groups is 1. The van der Waals surface area contributed by atoms with Crippen molar-refractivity contribution in [1.82, 2.24) is 5.32 Å². The van der Waals surface area contributed by atoms with Gasteiger partial charge in [0.05, 0.1) is 6.04 Å². The van der Waals surface area contributed by atoms with Gasteiger partial charge in [-0.15, -0.1) is 0 Å². The van der Waals surface area contributed by atoms with Crippen molar-refractivity contribution in [3.63, 3.8) is 0 Å². The highest BCUT2D eigenvalue weighted by Gasteiger charge is 2.20. The Morgan fingerprint density at radius 3 is 1.92 bits per heavy atom. The standard InChI is InChI=1S/C22H29NO2/c1-5-17-8-12-19(13-9-17)16(4)23-22(24)21(7-3)25-20-14-10-18(6-2)11-15-20/h8-16,21H,5-7H2,1-4H3,(H,23,24)/t16-,21+/m1/s1. The van der Waals surface area contributed by atoms with Gasteiger partial charge >= 0.3 is 0 Å². The Morgan fingerprint density at radius 1 is 0.920 bits per heavy atom. The third-order valence-corrected chi connectivity index (χ3v) is 4.52. The molecule has 0 spiro atoms. The molecule has 0 aliphatic heterocycles. The molecule has 0 heterocycles. The number of carbonyl (C=O) groups excluding carboxylic acids is 1. The molecule has 0 bridgehead atoms. The van der Waals surface area contributed by atoms with E-state index in [2.05, 4.69) is 43.4 Å². The fourth-order valence-electron chi connectivity index (χ4n) is 2.72. The Balaban J connectivity index is 1.97. The van der Waals surface area contributed by atoms with Crippen LogP contribution in [-0.2, 0) is 17.6 Å². The maximum absolute atomic E-state index is 12.6. The molecule has 0 aliphatic rings. The average molecular weight is 339 g/mol. The van der Waals surface area contributed by atoms with Crippen LogP contribution < -0.4 is 10.1 Å². The van der Waals surface area contributed by atoms with Crippen molar-refractivity contribution >= 4 is 5.91 Å². The monoisotopic (exact) mass is 339 g/mol. The minimum absolute atomic E-state index is 0.0430. The zero-order chi connectivity index (χ0) is 18.2. The van der Waals surface area contributed by atoms with Gasteiger partial charge in [-0.2, -0.15) is 0 Å². The van der Waals surface area contributed by atoms with Crippen LogP contribution in [0.4, 0.5) is 0 Å². The summed E-state index contributed by atoms with van der Waals surface area (Å²) in [5.41, 5.74) is 3.66. The Bertz CT molecular complexity index is 661. The lowest BCUT2D eigenvalue weighted by atomic mass is 10.0. The second kappa shape index (κ2) is 9.26. The average Bonchev–Trinajstić information content (AvgIpc) is 2.66. The predicted octanol–water partition coefficient (Wildman–Crippen LogP) is 4.85. The summed E-state index contributed by atoms with van der Waals surface area (Å²) in [5, 5.41) is 3.06. The van der Waals surface area contributed by atoms with Crippen molar-refractivity contribution in [2.24, 2.45) is 0 Å². The third kappa shape index (κ3) is 5.35. The highest BCUT2D eigenvalue weighted by atomic mass is 16.5. The number of nitrogens with one attached hydrogen (secondary N) is 1. The molecule has 0 saturated heterocycles. The first kappa shape index (κ1) is 19.0. The molecule has 1 N–H and O–H groups in total. The molecule has 0 aliphatic carbocycles. The van der Waals surface area contributed by atoms with E-state index >= 15 is 0 Å². The SMILES string of the molecule is CCc1ccc(O[C@@H](CC)C(=O)N[C@H](C)c2ccc(CC)cc2)cc1. The van der Waals surface area contributed by atoms with E-state index in [1.165, 1.54) is 11.1 Å². The van der Waals surface area contributed by atoms with Crippen LogP contribution in [0, 0.1) is 0 Å². The van der Waals surface area contributed by atoms with Gasteiger partial charge in [0.2, 0.25) is 0 Å². The summed E-state index contributed by atoms with van der Waals surface area (Å²) in [6, 6.07) is 16.3. The summed E-state index contributed by atoms with van der Waals surface area (Å²) in [6.45, 7) is 8.22. The molecular weight excluding hydrogens is 310 g/mol. The van der Waals surface area contributed by atoms with Crippen LogP contribution in [-0.4, -0.2) is 12.0 Å². The summed E-state index contributed by atoms with van der Waals surface area (Å²) >= 11 is 0. The molecule has 0 aromatic heterocycles. The van der Waals surface area contributed by atoms with Crippen LogP contribution in [0.25, 0.3) is 0 Å². The first-order valence-corrected chi connectivity index (χ1v) is 9.22. The number of rotatable bonds is 8. The molecule has 25 heavy (non-hydrogen) atoms. The smallest absolute Gasteiger partial charge is 0.261 e. The van der Waals surface area contributed by atoms with Crippen LogP contribution in [0.5, 0.6) is 5.75 Å². The maximum atomic E-state index is 12.6. The molecule has 2 rings (SSSR count). The van der Waals surface area contributed by atoms with Gasteiger partial charge < -0.3 is 10.1 Å². The summed E-state index contributed by atoms with van der Waals surface area (Å²) in [7, 11) is 0. The third-order valence-electron chi connectivity index (χ3n) is 4.52. The normalized spacial score (nSPS) is 13.1. The minimum atomic E-state index is -0.482. The van der Waals surface area contributed by atoms with Crippen molar-refractivity contribution in [1.29, 1.82) is 0 Å². The summed E-state index contributed by atoms with van der Waals surface area (Å²) < 4.78 is 5.89. The second-order valence-corrected chi connectivity index (χ2v) is 6.34. The van der Waals surface area contributed by atoms with E-state index in [4.69, 9.17) is 4.74 Å². The van der Waals surface area contributed by atoms with Crippen LogP contribution >= 0.6 is 0 Å². The summed E-state index contributed by atoms with van der Waals surface area (Å²) in [4.78, 5) is 12.6. The van der Waals surface area contributed by atoms with Crippen molar-refractivity contribution in [3.8, 4) is 5.75 Å². The van der Waals surface area contributed by atoms with Gasteiger partial charge in [-0.1, -0.05) is 57.2 Å². The zero-order valence-corrected chi connectivity index (χ0v) is 15.7. The van der Waals surface area contributed by atoms with Crippen LogP contribution in [0.3, 0.4) is 0 Å². The molecular formula is C22H29NO2. The number of benzene rings is 2. The Kier molecular flexibility index (Phi) is 7.05. The van der Waals surface area contributed by atoms with Gasteiger partial charge in [-0.3, -0.25) is 4.79 Å². The molecule has 2 aromatic carbocycles. The van der Waals surface area contributed by atoms with Crippen molar-refractivity contribution < 1.29 is 9.53 Å². The predicted molar refractivity (Wildman–Crippen MR) is 103 cm³/mol. The lowest BCUT2D eigenvalue weighted by Crippen LogP contribution is -2.39. The first-order valence-electron chi connectivity index (χ1n) is 9.22. The van der Waals surface area contributed by atoms with Gasteiger partial charge in [-0.25, -0.2) is 0 Å². The molecule has 0 unspecified atom stereocenters. The van der Waals surface area contributed by atoms with Gasteiger partial charge in [0, 0.05) is 0 Å². The largest absolute Gasteiger partial charge is 0.481 e. The van der Waals surface area contributed by atoms with Gasteiger partial charge in [0.15, 0.2) is 6.10 Å². The topological polar surface area (TPSA) is 38.3 Å². The van der Waals surface area contributed by atoms with E-state index in [0.717, 1.165) is 24.2 Å². The lowest BCUT2D eigenvalue weighted by Gasteiger charge is -2.21. The number of amides is 1.